The van der Waals surface area contributed by atoms with Gasteiger partial charge in [0, 0.05) is 10.0 Å². The highest BCUT2D eigenvalue weighted by Crippen LogP contribution is 2.35. The minimum Gasteiger partial charge on any atom is -0.495 e. The minimum absolute atomic E-state index is 0.205. The number of hydrogen-bond donors (Lipinski definition) is 1. The van der Waals surface area contributed by atoms with Crippen molar-refractivity contribution in [1.82, 2.24) is 5.32 Å². The average Bonchev–Trinajstić information content (AvgIpc) is 2.57. The summed E-state index contributed by atoms with van der Waals surface area (Å²) in [4.78, 5) is 12.1. The molecule has 1 amide bonds. The molecule has 0 aromatic heterocycles. The molecule has 94 valence electrons. The van der Waals surface area contributed by atoms with Crippen molar-refractivity contribution >= 4 is 67.8 Å². The van der Waals surface area contributed by atoms with E-state index < -0.39 is 0 Å². The molecule has 0 unspecified atom stereocenters. The standard InChI is InChI=1S/C11H7BrClNO2S2/c1-16-9-5(2-6(12)4-7(9)13)3-8-10(15)14-11(17)18-8/h2-4H,1H3,(H,14,15,17)/b8-3+. The van der Waals surface area contributed by atoms with Crippen molar-refractivity contribution in [3.8, 4) is 5.75 Å². The smallest absolute Gasteiger partial charge is 0.263 e. The number of benzene rings is 1. The Hall–Kier alpha value is -0.560. The average molecular weight is 365 g/mol. The van der Waals surface area contributed by atoms with Crippen LogP contribution in [0.1, 0.15) is 5.56 Å². The van der Waals surface area contributed by atoms with E-state index in [4.69, 9.17) is 28.6 Å². The highest BCUT2D eigenvalue weighted by Gasteiger charge is 2.22. The van der Waals surface area contributed by atoms with Gasteiger partial charge in [-0.15, -0.1) is 0 Å². The summed E-state index contributed by atoms with van der Waals surface area (Å²) in [5.41, 5.74) is 0.722. The first kappa shape index (κ1) is 13.9. The molecule has 1 aliphatic rings. The van der Waals surface area contributed by atoms with Crippen LogP contribution in [0.25, 0.3) is 6.08 Å². The molecular formula is C11H7BrClNO2S2. The molecule has 18 heavy (non-hydrogen) atoms. The Labute approximate surface area is 127 Å². The second-order valence-corrected chi connectivity index (χ2v) is 6.40. The van der Waals surface area contributed by atoms with Crippen molar-refractivity contribution in [3.63, 3.8) is 0 Å². The topological polar surface area (TPSA) is 38.3 Å². The number of ether oxygens (including phenoxy) is 1. The molecule has 7 heteroatoms. The van der Waals surface area contributed by atoms with Gasteiger partial charge in [-0.05, 0) is 18.2 Å². The Bertz CT molecular complexity index is 574. The number of halogens is 2. The Kier molecular flexibility index (Phi) is 4.32. The predicted molar refractivity (Wildman–Crippen MR) is 82.0 cm³/mol. The van der Waals surface area contributed by atoms with E-state index in [2.05, 4.69) is 21.2 Å². The lowest BCUT2D eigenvalue weighted by Gasteiger charge is -2.08. The minimum atomic E-state index is -0.205. The molecule has 3 nitrogen and oxygen atoms in total. The zero-order chi connectivity index (χ0) is 13.3. The fourth-order valence-electron chi connectivity index (χ4n) is 1.47. The van der Waals surface area contributed by atoms with Gasteiger partial charge in [0.05, 0.1) is 17.0 Å². The van der Waals surface area contributed by atoms with Crippen molar-refractivity contribution < 1.29 is 9.53 Å². The lowest BCUT2D eigenvalue weighted by atomic mass is 10.2. The molecule has 1 aromatic carbocycles. The summed E-state index contributed by atoms with van der Waals surface area (Å²) in [6.07, 6.45) is 1.70. The third-order valence-electron chi connectivity index (χ3n) is 2.17. The second-order valence-electron chi connectivity index (χ2n) is 3.36. The van der Waals surface area contributed by atoms with E-state index in [0.29, 0.717) is 20.0 Å². The summed E-state index contributed by atoms with van der Waals surface area (Å²) < 4.78 is 6.49. The molecule has 0 radical (unpaired) electrons. The van der Waals surface area contributed by atoms with Crippen molar-refractivity contribution in [2.45, 2.75) is 0 Å². The van der Waals surface area contributed by atoms with Crippen LogP contribution >= 0.6 is 51.5 Å². The van der Waals surface area contributed by atoms with E-state index in [0.717, 1.165) is 10.0 Å². The zero-order valence-electron chi connectivity index (χ0n) is 9.12. The van der Waals surface area contributed by atoms with Crippen molar-refractivity contribution in [3.05, 3.63) is 32.1 Å². The first-order valence-electron chi connectivity index (χ1n) is 4.79. The van der Waals surface area contributed by atoms with Crippen LogP contribution in [0.4, 0.5) is 0 Å². The molecule has 1 fully saturated rings. The quantitative estimate of drug-likeness (QED) is 0.643. The van der Waals surface area contributed by atoms with E-state index in [-0.39, 0.29) is 5.91 Å². The lowest BCUT2D eigenvalue weighted by Crippen LogP contribution is -2.17. The maximum Gasteiger partial charge on any atom is 0.263 e. The number of amides is 1. The van der Waals surface area contributed by atoms with Crippen LogP contribution in [-0.2, 0) is 4.79 Å². The maximum atomic E-state index is 11.6. The van der Waals surface area contributed by atoms with Gasteiger partial charge in [-0.2, -0.15) is 0 Å². The van der Waals surface area contributed by atoms with E-state index in [1.807, 2.05) is 6.07 Å². The Balaban J connectivity index is 2.48. The van der Waals surface area contributed by atoms with Gasteiger partial charge in [0.1, 0.15) is 10.1 Å². The van der Waals surface area contributed by atoms with Gasteiger partial charge in [-0.3, -0.25) is 4.79 Å². The Morgan fingerprint density at radius 2 is 2.28 bits per heavy atom. The number of nitrogens with one attached hydrogen (secondary N) is 1. The van der Waals surface area contributed by atoms with Gasteiger partial charge in [0.15, 0.2) is 0 Å². The molecule has 1 aliphatic heterocycles. The highest BCUT2D eigenvalue weighted by molar-refractivity contribution is 9.10. The lowest BCUT2D eigenvalue weighted by molar-refractivity contribution is -0.115. The van der Waals surface area contributed by atoms with E-state index in [1.54, 1.807) is 12.1 Å². The van der Waals surface area contributed by atoms with Gasteiger partial charge in [0.25, 0.3) is 5.91 Å². The van der Waals surface area contributed by atoms with Crippen LogP contribution in [0, 0.1) is 0 Å². The van der Waals surface area contributed by atoms with Gasteiger partial charge >= 0.3 is 0 Å². The SMILES string of the molecule is COc1c(Cl)cc(Br)cc1/C=C1/SC(=S)NC1=O. The van der Waals surface area contributed by atoms with Crippen LogP contribution in [0.2, 0.25) is 5.02 Å². The largest absolute Gasteiger partial charge is 0.495 e. The van der Waals surface area contributed by atoms with E-state index >= 15 is 0 Å². The number of rotatable bonds is 2. The van der Waals surface area contributed by atoms with E-state index in [1.165, 1.54) is 18.9 Å². The normalized spacial score (nSPS) is 17.2. The van der Waals surface area contributed by atoms with Crippen LogP contribution in [-0.4, -0.2) is 17.3 Å². The third kappa shape index (κ3) is 2.88. The van der Waals surface area contributed by atoms with Gasteiger partial charge in [-0.25, -0.2) is 0 Å². The number of methoxy groups -OCH3 is 1. The first-order valence-corrected chi connectivity index (χ1v) is 7.18. The molecule has 1 N–H and O–H groups in total. The summed E-state index contributed by atoms with van der Waals surface area (Å²) in [5.74, 6) is 0.321. The van der Waals surface area contributed by atoms with Crippen molar-refractivity contribution in [2.24, 2.45) is 0 Å². The van der Waals surface area contributed by atoms with Crippen LogP contribution in [0.15, 0.2) is 21.5 Å². The van der Waals surface area contributed by atoms with Gasteiger partial charge in [-0.1, -0.05) is 51.5 Å². The summed E-state index contributed by atoms with van der Waals surface area (Å²) in [5, 5.41) is 3.03. The third-order valence-corrected chi connectivity index (χ3v) is 4.07. The fraction of sp³-hybridized carbons (Fsp3) is 0.0909. The number of carbonyl (C=O) groups excluding carboxylic acids is 1. The predicted octanol–water partition coefficient (Wildman–Crippen LogP) is 3.60. The fourth-order valence-corrected chi connectivity index (χ4v) is 3.41. The molecule has 0 spiro atoms. The maximum absolute atomic E-state index is 11.6. The van der Waals surface area contributed by atoms with Crippen molar-refractivity contribution in [1.29, 1.82) is 0 Å². The second kappa shape index (κ2) is 5.61. The first-order chi connectivity index (χ1) is 8.51. The molecule has 2 rings (SSSR count). The number of thioether (sulfide) groups is 1. The van der Waals surface area contributed by atoms with Crippen LogP contribution < -0.4 is 10.1 Å². The molecule has 0 atom stereocenters. The van der Waals surface area contributed by atoms with Crippen LogP contribution in [0.5, 0.6) is 5.75 Å². The molecule has 0 bridgehead atoms. The monoisotopic (exact) mass is 363 g/mol. The number of hydrogen-bond acceptors (Lipinski definition) is 4. The number of carbonyl (C=O) groups is 1. The molecule has 1 heterocycles. The van der Waals surface area contributed by atoms with Gasteiger partial charge in [0.2, 0.25) is 0 Å². The Morgan fingerprint density at radius 1 is 1.56 bits per heavy atom. The highest BCUT2D eigenvalue weighted by atomic mass is 79.9. The van der Waals surface area contributed by atoms with Gasteiger partial charge < -0.3 is 10.1 Å². The Morgan fingerprint density at radius 3 is 2.83 bits per heavy atom. The zero-order valence-corrected chi connectivity index (χ0v) is 13.1. The van der Waals surface area contributed by atoms with Crippen molar-refractivity contribution in [2.75, 3.05) is 7.11 Å². The molecule has 0 aliphatic carbocycles. The summed E-state index contributed by atoms with van der Waals surface area (Å²) in [6, 6.07) is 3.56. The van der Waals surface area contributed by atoms with Crippen LogP contribution in [0.3, 0.4) is 0 Å². The summed E-state index contributed by atoms with van der Waals surface area (Å²) >= 11 is 15.6. The summed E-state index contributed by atoms with van der Waals surface area (Å²) in [7, 11) is 1.53. The molecule has 0 saturated carbocycles. The molecule has 1 aromatic rings. The number of thiocarbonyl (C=S) groups is 1. The molecule has 1 saturated heterocycles. The summed E-state index contributed by atoms with van der Waals surface area (Å²) in [6.45, 7) is 0. The molecular weight excluding hydrogens is 358 g/mol. The van der Waals surface area contributed by atoms with E-state index in [9.17, 15) is 4.79 Å².